The fourth-order valence-corrected chi connectivity index (χ4v) is 2.72. The van der Waals surface area contributed by atoms with Gasteiger partial charge in [0.05, 0.1) is 12.2 Å². The highest BCUT2D eigenvalue weighted by atomic mass is 16.5. The average molecular weight is 346 g/mol. The largest absolute Gasteiger partial charge is 0.377 e. The number of carbonyl (C=O) groups excluding carboxylic acids is 1. The van der Waals surface area contributed by atoms with Crippen LogP contribution < -0.4 is 5.32 Å². The summed E-state index contributed by atoms with van der Waals surface area (Å²) in [7, 11) is 0. The van der Waals surface area contributed by atoms with Crippen LogP contribution in [0, 0.1) is 6.92 Å². The lowest BCUT2D eigenvalue weighted by Crippen LogP contribution is -2.14. The third-order valence-corrected chi connectivity index (χ3v) is 4.08. The number of carbonyl (C=O) groups is 1. The Labute approximate surface area is 153 Å². The van der Waals surface area contributed by atoms with Gasteiger partial charge in [0.2, 0.25) is 0 Å². The molecule has 0 spiro atoms. The fraction of sp³-hybridized carbons (Fsp3) is 0.182. The van der Waals surface area contributed by atoms with Gasteiger partial charge in [-0.25, -0.2) is 0 Å². The lowest BCUT2D eigenvalue weighted by Gasteiger charge is -2.11. The Kier molecular flexibility index (Phi) is 5.77. The van der Waals surface area contributed by atoms with Crippen molar-refractivity contribution >= 4 is 11.6 Å². The molecule has 0 unspecified atom stereocenters. The first-order chi connectivity index (χ1) is 12.7. The number of aryl methyl sites for hydroxylation is 1. The van der Waals surface area contributed by atoms with Crippen molar-refractivity contribution in [1.29, 1.82) is 0 Å². The van der Waals surface area contributed by atoms with E-state index < -0.39 is 0 Å². The van der Waals surface area contributed by atoms with Crippen LogP contribution in [-0.2, 0) is 11.3 Å². The first-order valence-electron chi connectivity index (χ1n) is 8.66. The molecule has 0 fully saturated rings. The zero-order valence-electron chi connectivity index (χ0n) is 15.0. The SMILES string of the molecule is CCOCc1ccccc1NC(=O)c1cncc(-c2cccc(C)c2)c1. The molecule has 0 saturated heterocycles. The third kappa shape index (κ3) is 4.35. The predicted octanol–water partition coefficient (Wildman–Crippen LogP) is 4.85. The highest BCUT2D eigenvalue weighted by Gasteiger charge is 2.11. The number of para-hydroxylation sites is 1. The average Bonchev–Trinajstić information content (AvgIpc) is 2.67. The minimum Gasteiger partial charge on any atom is -0.377 e. The van der Waals surface area contributed by atoms with Crippen molar-refractivity contribution in [2.75, 3.05) is 11.9 Å². The van der Waals surface area contributed by atoms with Crippen LogP contribution in [0.2, 0.25) is 0 Å². The highest BCUT2D eigenvalue weighted by Crippen LogP contribution is 2.22. The molecule has 0 atom stereocenters. The van der Waals surface area contributed by atoms with Gasteiger partial charge in [-0.3, -0.25) is 9.78 Å². The van der Waals surface area contributed by atoms with E-state index in [4.69, 9.17) is 4.74 Å². The first-order valence-corrected chi connectivity index (χ1v) is 8.66. The van der Waals surface area contributed by atoms with Gasteiger partial charge < -0.3 is 10.1 Å². The van der Waals surface area contributed by atoms with Crippen LogP contribution in [0.3, 0.4) is 0 Å². The summed E-state index contributed by atoms with van der Waals surface area (Å²) in [4.78, 5) is 16.9. The molecule has 2 aromatic carbocycles. The molecule has 26 heavy (non-hydrogen) atoms. The topological polar surface area (TPSA) is 51.2 Å². The van der Waals surface area contributed by atoms with Crippen molar-refractivity contribution in [2.45, 2.75) is 20.5 Å². The minimum absolute atomic E-state index is 0.184. The van der Waals surface area contributed by atoms with Gasteiger partial charge in [0.25, 0.3) is 5.91 Å². The normalized spacial score (nSPS) is 10.5. The first kappa shape index (κ1) is 17.8. The van der Waals surface area contributed by atoms with Crippen LogP contribution in [-0.4, -0.2) is 17.5 Å². The van der Waals surface area contributed by atoms with E-state index in [0.717, 1.165) is 22.4 Å². The summed E-state index contributed by atoms with van der Waals surface area (Å²) in [6.07, 6.45) is 3.36. The van der Waals surface area contributed by atoms with Gasteiger partial charge in [0, 0.05) is 35.8 Å². The number of anilines is 1. The highest BCUT2D eigenvalue weighted by molar-refractivity contribution is 6.05. The Hall–Kier alpha value is -2.98. The molecule has 0 saturated carbocycles. The predicted molar refractivity (Wildman–Crippen MR) is 104 cm³/mol. The van der Waals surface area contributed by atoms with Crippen molar-refractivity contribution in [3.8, 4) is 11.1 Å². The summed E-state index contributed by atoms with van der Waals surface area (Å²) in [6, 6.07) is 17.7. The summed E-state index contributed by atoms with van der Waals surface area (Å²) in [5.41, 5.74) is 5.36. The molecule has 0 bridgehead atoms. The van der Waals surface area contributed by atoms with Crippen molar-refractivity contribution < 1.29 is 9.53 Å². The molecule has 1 N–H and O–H groups in total. The second-order valence-electron chi connectivity index (χ2n) is 6.08. The molecule has 1 heterocycles. The molecule has 0 aliphatic heterocycles. The number of nitrogens with one attached hydrogen (secondary N) is 1. The van der Waals surface area contributed by atoms with Crippen LogP contribution in [0.5, 0.6) is 0 Å². The van der Waals surface area contributed by atoms with E-state index in [1.807, 2.05) is 62.4 Å². The maximum atomic E-state index is 12.7. The quantitative estimate of drug-likeness (QED) is 0.694. The lowest BCUT2D eigenvalue weighted by atomic mass is 10.0. The minimum atomic E-state index is -0.184. The van der Waals surface area contributed by atoms with Gasteiger partial charge >= 0.3 is 0 Å². The molecular weight excluding hydrogens is 324 g/mol. The van der Waals surface area contributed by atoms with Crippen LogP contribution in [0.25, 0.3) is 11.1 Å². The van der Waals surface area contributed by atoms with Crippen molar-refractivity contribution in [2.24, 2.45) is 0 Å². The number of hydrogen-bond acceptors (Lipinski definition) is 3. The van der Waals surface area contributed by atoms with Crippen molar-refractivity contribution in [3.05, 3.63) is 83.7 Å². The van der Waals surface area contributed by atoms with E-state index in [2.05, 4.69) is 16.4 Å². The number of benzene rings is 2. The van der Waals surface area contributed by atoms with Crippen LogP contribution in [0.4, 0.5) is 5.69 Å². The Morgan fingerprint density at radius 2 is 1.88 bits per heavy atom. The molecule has 1 amide bonds. The van der Waals surface area contributed by atoms with E-state index in [-0.39, 0.29) is 5.91 Å². The maximum absolute atomic E-state index is 12.7. The molecular formula is C22H22N2O2. The monoisotopic (exact) mass is 346 g/mol. The van der Waals surface area contributed by atoms with Crippen LogP contribution in [0.1, 0.15) is 28.4 Å². The number of aromatic nitrogens is 1. The van der Waals surface area contributed by atoms with Gasteiger partial charge in [-0.05, 0) is 31.5 Å². The molecule has 3 aromatic rings. The smallest absolute Gasteiger partial charge is 0.257 e. The summed E-state index contributed by atoms with van der Waals surface area (Å²) >= 11 is 0. The van der Waals surface area contributed by atoms with Gasteiger partial charge in [-0.1, -0.05) is 48.0 Å². The number of hydrogen-bond donors (Lipinski definition) is 1. The Bertz CT molecular complexity index is 906. The van der Waals surface area contributed by atoms with Crippen LogP contribution in [0.15, 0.2) is 67.0 Å². The fourth-order valence-electron chi connectivity index (χ4n) is 2.72. The zero-order chi connectivity index (χ0) is 18.4. The molecule has 1 aromatic heterocycles. The molecule has 4 heteroatoms. The number of nitrogens with zero attached hydrogens (tertiary/aromatic N) is 1. The van der Waals surface area contributed by atoms with E-state index in [0.29, 0.717) is 18.8 Å². The van der Waals surface area contributed by atoms with E-state index >= 15 is 0 Å². The van der Waals surface area contributed by atoms with Gasteiger partial charge in [0.1, 0.15) is 0 Å². The van der Waals surface area contributed by atoms with Gasteiger partial charge in [-0.15, -0.1) is 0 Å². The second kappa shape index (κ2) is 8.41. The van der Waals surface area contributed by atoms with E-state index in [1.54, 1.807) is 12.4 Å². The van der Waals surface area contributed by atoms with Crippen LogP contribution >= 0.6 is 0 Å². The Morgan fingerprint density at radius 1 is 1.04 bits per heavy atom. The molecule has 0 aliphatic rings. The van der Waals surface area contributed by atoms with Crippen molar-refractivity contribution in [3.63, 3.8) is 0 Å². The van der Waals surface area contributed by atoms with E-state index in [9.17, 15) is 4.79 Å². The van der Waals surface area contributed by atoms with Gasteiger partial charge in [-0.2, -0.15) is 0 Å². The Balaban J connectivity index is 1.82. The number of rotatable bonds is 6. The summed E-state index contributed by atoms with van der Waals surface area (Å²) in [5.74, 6) is -0.184. The molecule has 0 radical (unpaired) electrons. The summed E-state index contributed by atoms with van der Waals surface area (Å²) in [6.45, 7) is 5.09. The van der Waals surface area contributed by atoms with Crippen molar-refractivity contribution in [1.82, 2.24) is 4.98 Å². The standard InChI is InChI=1S/C22H22N2O2/c1-3-26-15-18-8-4-5-10-21(18)24-22(25)20-12-19(13-23-14-20)17-9-6-7-16(2)11-17/h4-14H,3,15H2,1-2H3,(H,24,25). The van der Waals surface area contributed by atoms with E-state index in [1.165, 1.54) is 5.56 Å². The molecule has 0 aliphatic carbocycles. The maximum Gasteiger partial charge on any atom is 0.257 e. The number of pyridine rings is 1. The zero-order valence-corrected chi connectivity index (χ0v) is 15.0. The third-order valence-electron chi connectivity index (χ3n) is 4.08. The number of ether oxygens (including phenoxy) is 1. The van der Waals surface area contributed by atoms with Gasteiger partial charge in [0.15, 0.2) is 0 Å². The summed E-state index contributed by atoms with van der Waals surface area (Å²) < 4.78 is 5.47. The number of amides is 1. The molecule has 132 valence electrons. The molecule has 3 rings (SSSR count). The summed E-state index contributed by atoms with van der Waals surface area (Å²) in [5, 5.41) is 2.97. The molecule has 4 nitrogen and oxygen atoms in total. The second-order valence-corrected chi connectivity index (χ2v) is 6.08. The lowest BCUT2D eigenvalue weighted by molar-refractivity contribution is 0.102. The Morgan fingerprint density at radius 3 is 2.69 bits per heavy atom.